The summed E-state index contributed by atoms with van der Waals surface area (Å²) in [4.78, 5) is 10.7. The van der Waals surface area contributed by atoms with E-state index < -0.39 is 0 Å². The zero-order valence-corrected chi connectivity index (χ0v) is 12.3. The van der Waals surface area contributed by atoms with Gasteiger partial charge in [-0.05, 0) is 18.9 Å². The monoisotopic (exact) mass is 264 g/mol. The number of hydrogen-bond donors (Lipinski definition) is 0. The summed E-state index contributed by atoms with van der Waals surface area (Å²) in [5.74, 6) is 0.510. The summed E-state index contributed by atoms with van der Waals surface area (Å²) in [6.45, 7) is 2.26. The molecule has 0 aromatic carbocycles. The fraction of sp³-hybridized carbons (Fsp3) is 0.706. The minimum atomic E-state index is 0.510. The normalized spacial score (nSPS) is 10.8. The molecule has 0 N–H and O–H groups in total. The molecular weight excluding hydrogens is 236 g/mol. The second-order valence-electron chi connectivity index (χ2n) is 5.36. The Morgan fingerprint density at radius 3 is 2.11 bits per heavy atom. The number of furan rings is 1. The standard InChI is InChI=1S/C17H28O2/c1-2-3-4-5-6-7-8-9-10-11-12-16-13-14-19-17(16)15-18/h13-15H,2-12H2,1H3. The van der Waals surface area contributed by atoms with Gasteiger partial charge in [0.15, 0.2) is 12.0 Å². The van der Waals surface area contributed by atoms with E-state index >= 15 is 0 Å². The van der Waals surface area contributed by atoms with Crippen molar-refractivity contribution in [3.63, 3.8) is 0 Å². The molecule has 0 aliphatic heterocycles. The largest absolute Gasteiger partial charge is 0.461 e. The van der Waals surface area contributed by atoms with E-state index in [1.165, 1.54) is 57.8 Å². The molecule has 108 valence electrons. The zero-order chi connectivity index (χ0) is 13.8. The van der Waals surface area contributed by atoms with Crippen molar-refractivity contribution in [3.05, 3.63) is 23.7 Å². The first-order chi connectivity index (χ1) is 9.38. The number of hydrogen-bond acceptors (Lipinski definition) is 2. The van der Waals surface area contributed by atoms with E-state index in [0.29, 0.717) is 5.76 Å². The topological polar surface area (TPSA) is 30.2 Å². The quantitative estimate of drug-likeness (QED) is 0.365. The van der Waals surface area contributed by atoms with Crippen molar-refractivity contribution in [2.24, 2.45) is 0 Å². The van der Waals surface area contributed by atoms with Crippen molar-refractivity contribution in [2.75, 3.05) is 0 Å². The highest BCUT2D eigenvalue weighted by Gasteiger charge is 2.03. The van der Waals surface area contributed by atoms with Gasteiger partial charge in [-0.25, -0.2) is 0 Å². The smallest absolute Gasteiger partial charge is 0.185 e. The van der Waals surface area contributed by atoms with Crippen LogP contribution in [0.3, 0.4) is 0 Å². The van der Waals surface area contributed by atoms with Crippen molar-refractivity contribution >= 4 is 6.29 Å². The summed E-state index contributed by atoms with van der Waals surface area (Å²) in [7, 11) is 0. The molecule has 1 aromatic rings. The van der Waals surface area contributed by atoms with Crippen LogP contribution in [0.4, 0.5) is 0 Å². The first-order valence-electron chi connectivity index (χ1n) is 7.90. The van der Waals surface area contributed by atoms with Crippen LogP contribution in [0.1, 0.15) is 87.3 Å². The number of aldehydes is 1. The Morgan fingerprint density at radius 1 is 0.947 bits per heavy atom. The van der Waals surface area contributed by atoms with Gasteiger partial charge in [-0.15, -0.1) is 0 Å². The number of carbonyl (C=O) groups excluding carboxylic acids is 1. The van der Waals surface area contributed by atoms with E-state index in [9.17, 15) is 4.79 Å². The van der Waals surface area contributed by atoms with E-state index in [1.807, 2.05) is 6.07 Å². The second kappa shape index (κ2) is 10.8. The van der Waals surface area contributed by atoms with Crippen LogP contribution in [0.25, 0.3) is 0 Å². The Bertz CT molecular complexity index is 328. The van der Waals surface area contributed by atoms with Gasteiger partial charge in [0.05, 0.1) is 6.26 Å². The molecule has 0 amide bonds. The molecule has 0 saturated carbocycles. The lowest BCUT2D eigenvalue weighted by atomic mass is 10.0. The Labute approximate surface area is 117 Å². The third-order valence-electron chi connectivity index (χ3n) is 3.69. The number of rotatable bonds is 12. The van der Waals surface area contributed by atoms with E-state index in [-0.39, 0.29) is 0 Å². The highest BCUT2D eigenvalue weighted by atomic mass is 16.3. The van der Waals surface area contributed by atoms with Crippen molar-refractivity contribution in [3.8, 4) is 0 Å². The summed E-state index contributed by atoms with van der Waals surface area (Å²) in [5.41, 5.74) is 1.06. The fourth-order valence-corrected chi connectivity index (χ4v) is 2.46. The number of carbonyl (C=O) groups is 1. The van der Waals surface area contributed by atoms with Crippen LogP contribution in [0, 0.1) is 0 Å². The van der Waals surface area contributed by atoms with Crippen molar-refractivity contribution in [1.82, 2.24) is 0 Å². The molecule has 0 atom stereocenters. The van der Waals surface area contributed by atoms with E-state index in [0.717, 1.165) is 24.7 Å². The average molecular weight is 264 g/mol. The third-order valence-corrected chi connectivity index (χ3v) is 3.69. The van der Waals surface area contributed by atoms with Gasteiger partial charge >= 0.3 is 0 Å². The lowest BCUT2D eigenvalue weighted by Crippen LogP contribution is -1.89. The lowest BCUT2D eigenvalue weighted by Gasteiger charge is -2.02. The molecule has 2 heteroatoms. The molecule has 0 unspecified atom stereocenters. The van der Waals surface area contributed by atoms with Gasteiger partial charge in [0.1, 0.15) is 0 Å². The Kier molecular flexibility index (Phi) is 9.13. The van der Waals surface area contributed by atoms with Gasteiger partial charge in [0.2, 0.25) is 0 Å². The first-order valence-corrected chi connectivity index (χ1v) is 7.90. The highest BCUT2D eigenvalue weighted by Crippen LogP contribution is 2.14. The van der Waals surface area contributed by atoms with Crippen LogP contribution in [0.2, 0.25) is 0 Å². The van der Waals surface area contributed by atoms with E-state index in [2.05, 4.69) is 6.92 Å². The van der Waals surface area contributed by atoms with Crippen LogP contribution in [0.5, 0.6) is 0 Å². The molecule has 1 aromatic heterocycles. The molecule has 1 heterocycles. The highest BCUT2D eigenvalue weighted by molar-refractivity contribution is 5.72. The van der Waals surface area contributed by atoms with Crippen LogP contribution >= 0.6 is 0 Å². The minimum Gasteiger partial charge on any atom is -0.461 e. The summed E-state index contributed by atoms with van der Waals surface area (Å²) in [5, 5.41) is 0. The summed E-state index contributed by atoms with van der Waals surface area (Å²) >= 11 is 0. The molecule has 1 rings (SSSR count). The minimum absolute atomic E-state index is 0.510. The SMILES string of the molecule is CCCCCCCCCCCCc1ccoc1C=O. The second-order valence-corrected chi connectivity index (χ2v) is 5.36. The van der Waals surface area contributed by atoms with Crippen LogP contribution in [-0.4, -0.2) is 6.29 Å². The predicted octanol–water partition coefficient (Wildman–Crippen LogP) is 5.56. The van der Waals surface area contributed by atoms with Crippen molar-refractivity contribution in [1.29, 1.82) is 0 Å². The predicted molar refractivity (Wildman–Crippen MR) is 79.6 cm³/mol. The molecular formula is C17H28O2. The van der Waals surface area contributed by atoms with E-state index in [1.54, 1.807) is 6.26 Å². The van der Waals surface area contributed by atoms with Crippen LogP contribution in [0.15, 0.2) is 16.7 Å². The molecule has 19 heavy (non-hydrogen) atoms. The molecule has 0 saturated heterocycles. The molecule has 0 bridgehead atoms. The average Bonchev–Trinajstić information content (AvgIpc) is 2.88. The van der Waals surface area contributed by atoms with Crippen LogP contribution in [-0.2, 0) is 6.42 Å². The van der Waals surface area contributed by atoms with Crippen molar-refractivity contribution < 1.29 is 9.21 Å². The van der Waals surface area contributed by atoms with Gasteiger partial charge in [0, 0.05) is 5.56 Å². The van der Waals surface area contributed by atoms with Crippen molar-refractivity contribution in [2.45, 2.75) is 77.6 Å². The number of unbranched alkanes of at least 4 members (excludes halogenated alkanes) is 9. The molecule has 0 aliphatic carbocycles. The summed E-state index contributed by atoms with van der Waals surface area (Å²) < 4.78 is 5.09. The Hall–Kier alpha value is -1.05. The molecule has 2 nitrogen and oxygen atoms in total. The molecule has 0 aliphatic rings. The maximum atomic E-state index is 10.7. The maximum Gasteiger partial charge on any atom is 0.185 e. The third kappa shape index (κ3) is 7.19. The van der Waals surface area contributed by atoms with E-state index in [4.69, 9.17) is 4.42 Å². The van der Waals surface area contributed by atoms with Gasteiger partial charge in [-0.2, -0.15) is 0 Å². The number of aryl methyl sites for hydroxylation is 1. The molecule has 0 radical (unpaired) electrons. The zero-order valence-electron chi connectivity index (χ0n) is 12.3. The summed E-state index contributed by atoms with van der Waals surface area (Å²) in [6, 6.07) is 1.91. The fourth-order valence-electron chi connectivity index (χ4n) is 2.46. The Morgan fingerprint density at radius 2 is 1.53 bits per heavy atom. The van der Waals surface area contributed by atoms with Gasteiger partial charge < -0.3 is 4.42 Å². The molecule has 0 fully saturated rings. The maximum absolute atomic E-state index is 10.7. The van der Waals surface area contributed by atoms with Gasteiger partial charge in [-0.3, -0.25) is 4.79 Å². The lowest BCUT2D eigenvalue weighted by molar-refractivity contribution is 0.109. The van der Waals surface area contributed by atoms with Gasteiger partial charge in [-0.1, -0.05) is 64.7 Å². The first kappa shape index (κ1) is 16.0. The van der Waals surface area contributed by atoms with Gasteiger partial charge in [0.25, 0.3) is 0 Å². The van der Waals surface area contributed by atoms with Crippen LogP contribution < -0.4 is 0 Å². The molecule has 0 spiro atoms. The summed E-state index contributed by atoms with van der Waals surface area (Å²) in [6.07, 6.45) is 16.8. The Balaban J connectivity index is 1.90.